The van der Waals surface area contributed by atoms with Crippen LogP contribution in [-0.2, 0) is 25.4 Å². The fourth-order valence-electron chi connectivity index (χ4n) is 5.53. The third-order valence-electron chi connectivity index (χ3n) is 7.17. The van der Waals surface area contributed by atoms with Crippen LogP contribution in [0.5, 0.6) is 0 Å². The van der Waals surface area contributed by atoms with E-state index in [1.807, 2.05) is 13.0 Å². The Morgan fingerprint density at radius 1 is 1.12 bits per heavy atom. The number of benzene rings is 2. The van der Waals surface area contributed by atoms with Gasteiger partial charge in [-0.3, -0.25) is 4.79 Å². The molecule has 0 aromatic heterocycles. The number of hydrogen-bond donors (Lipinski definition) is 1. The molecular weight excluding hydrogens is 430 g/mol. The van der Waals surface area contributed by atoms with Gasteiger partial charge < -0.3 is 24.2 Å². The van der Waals surface area contributed by atoms with Crippen molar-refractivity contribution in [2.45, 2.75) is 38.4 Å². The third kappa shape index (κ3) is 4.38. The molecule has 0 radical (unpaired) electrons. The quantitative estimate of drug-likeness (QED) is 0.576. The van der Waals surface area contributed by atoms with Crippen LogP contribution in [0, 0.1) is 5.92 Å². The topological polar surface area (TPSA) is 68.2 Å². The summed E-state index contributed by atoms with van der Waals surface area (Å²) < 4.78 is 17.7. The third-order valence-corrected chi connectivity index (χ3v) is 7.17. The molecule has 2 aliphatic heterocycles. The Morgan fingerprint density at radius 2 is 1.91 bits per heavy atom. The minimum absolute atomic E-state index is 0.00329. The Bertz CT molecular complexity index is 1060. The predicted molar refractivity (Wildman–Crippen MR) is 129 cm³/mol. The number of carbonyl (C=O) groups is 1. The van der Waals surface area contributed by atoms with Gasteiger partial charge in [0.2, 0.25) is 6.29 Å². The summed E-state index contributed by atoms with van der Waals surface area (Å²) in [5.74, 6) is 0.220. The molecule has 2 heterocycles. The number of amides is 1. The smallest absolute Gasteiger partial charge is 0.288 e. The van der Waals surface area contributed by atoms with E-state index in [0.717, 1.165) is 12.8 Å². The van der Waals surface area contributed by atoms with Gasteiger partial charge in [-0.15, -0.1) is 0 Å². The van der Waals surface area contributed by atoms with Crippen molar-refractivity contribution in [2.75, 3.05) is 39.5 Å². The molecule has 6 nitrogen and oxygen atoms in total. The molecule has 1 aliphatic carbocycles. The highest BCUT2D eigenvalue weighted by Gasteiger charge is 2.40. The van der Waals surface area contributed by atoms with Crippen LogP contribution in [0.1, 0.15) is 42.4 Å². The average Bonchev–Trinajstić information content (AvgIpc) is 3.27. The van der Waals surface area contributed by atoms with E-state index in [4.69, 9.17) is 14.2 Å². The highest BCUT2D eigenvalue weighted by atomic mass is 16.7. The Kier molecular flexibility index (Phi) is 6.99. The van der Waals surface area contributed by atoms with Crippen molar-refractivity contribution in [2.24, 2.45) is 5.92 Å². The summed E-state index contributed by atoms with van der Waals surface area (Å²) in [5, 5.41) is 9.58. The zero-order chi connectivity index (χ0) is 23.5. The number of hydrogen-bond acceptors (Lipinski definition) is 5. The van der Waals surface area contributed by atoms with Crippen molar-refractivity contribution in [3.63, 3.8) is 0 Å². The molecule has 3 aliphatic rings. The second kappa shape index (κ2) is 10.3. The summed E-state index contributed by atoms with van der Waals surface area (Å²) in [6.45, 7) is 4.76. The first-order valence-electron chi connectivity index (χ1n) is 12.4. The minimum atomic E-state index is -0.536. The van der Waals surface area contributed by atoms with Gasteiger partial charge in [-0.25, -0.2) is 0 Å². The second-order valence-corrected chi connectivity index (χ2v) is 9.14. The molecule has 0 spiro atoms. The lowest BCUT2D eigenvalue weighted by Crippen LogP contribution is -2.44. The predicted octanol–water partition coefficient (Wildman–Crippen LogP) is 3.87. The van der Waals surface area contributed by atoms with Gasteiger partial charge in [0.1, 0.15) is 0 Å². The van der Waals surface area contributed by atoms with Crippen molar-refractivity contribution in [1.82, 2.24) is 4.90 Å². The maximum Gasteiger partial charge on any atom is 0.288 e. The monoisotopic (exact) mass is 463 g/mol. The highest BCUT2D eigenvalue weighted by Crippen LogP contribution is 2.46. The number of fused-ring (bicyclic) bond motifs is 3. The van der Waals surface area contributed by atoms with Gasteiger partial charge in [-0.2, -0.15) is 0 Å². The van der Waals surface area contributed by atoms with Gasteiger partial charge in [0.05, 0.1) is 13.2 Å². The minimum Gasteiger partial charge on any atom is -0.459 e. The molecule has 1 N–H and O–H groups in total. The maximum absolute atomic E-state index is 13.4. The lowest BCUT2D eigenvalue weighted by molar-refractivity contribution is -0.171. The fraction of sp³-hybridized carbons (Fsp3) is 0.464. The SMILES string of the molecule is CCO[C@H]1OC(C(=O)N2CCOCC2)=C[C@@H](c2cccc3c2Cc2ccccc2-3)[C@H]1CCCO. The first-order chi connectivity index (χ1) is 16.7. The van der Waals surface area contributed by atoms with E-state index in [1.165, 1.54) is 27.8 Å². The van der Waals surface area contributed by atoms with Crippen LogP contribution < -0.4 is 0 Å². The molecule has 5 rings (SSSR count). The van der Waals surface area contributed by atoms with Gasteiger partial charge in [0, 0.05) is 38.1 Å². The van der Waals surface area contributed by atoms with E-state index < -0.39 is 6.29 Å². The summed E-state index contributed by atoms with van der Waals surface area (Å²) in [5.41, 5.74) is 6.42. The molecule has 180 valence electrons. The standard InChI is InChI=1S/C28H33NO5/c1-2-33-28-23(11-6-14-30)25(18-26(34-28)27(31)29-12-15-32-16-13-29)22-10-5-9-21-20-8-4-3-7-19(20)17-24(21)22/h3-5,7-10,18,23,25,28,30H,2,6,11-17H2,1H3/t23-,25+,28+/m1/s1. The Balaban J connectivity index is 1.56. The van der Waals surface area contributed by atoms with Crippen molar-refractivity contribution >= 4 is 5.91 Å². The zero-order valence-electron chi connectivity index (χ0n) is 19.7. The first kappa shape index (κ1) is 23.1. The van der Waals surface area contributed by atoms with Gasteiger partial charge >= 0.3 is 0 Å². The normalized spacial score (nSPS) is 23.6. The molecule has 0 bridgehead atoms. The van der Waals surface area contributed by atoms with Crippen molar-refractivity contribution in [1.29, 1.82) is 0 Å². The largest absolute Gasteiger partial charge is 0.459 e. The Labute approximate surface area is 201 Å². The molecule has 6 heteroatoms. The summed E-state index contributed by atoms with van der Waals surface area (Å²) in [4.78, 5) is 15.2. The molecule has 2 aromatic rings. The summed E-state index contributed by atoms with van der Waals surface area (Å²) in [6.07, 6.45) is 3.76. The second-order valence-electron chi connectivity index (χ2n) is 9.14. The number of aliphatic hydroxyl groups is 1. The van der Waals surface area contributed by atoms with E-state index in [-0.39, 0.29) is 24.3 Å². The molecule has 1 amide bonds. The van der Waals surface area contributed by atoms with E-state index in [9.17, 15) is 9.90 Å². The first-order valence-corrected chi connectivity index (χ1v) is 12.4. The number of nitrogens with zero attached hydrogens (tertiary/aromatic N) is 1. The molecule has 1 fully saturated rings. The maximum atomic E-state index is 13.4. The van der Waals surface area contributed by atoms with Crippen LogP contribution in [0.15, 0.2) is 54.3 Å². The number of ether oxygens (including phenoxy) is 3. The van der Waals surface area contributed by atoms with Crippen LogP contribution in [0.4, 0.5) is 0 Å². The van der Waals surface area contributed by atoms with E-state index >= 15 is 0 Å². The molecule has 0 saturated carbocycles. The van der Waals surface area contributed by atoms with E-state index in [1.54, 1.807) is 4.90 Å². The lowest BCUT2D eigenvalue weighted by Gasteiger charge is -2.39. The average molecular weight is 464 g/mol. The van der Waals surface area contributed by atoms with Crippen LogP contribution in [0.3, 0.4) is 0 Å². The molecular formula is C28H33NO5. The van der Waals surface area contributed by atoms with Crippen LogP contribution in [0.2, 0.25) is 0 Å². The molecule has 0 unspecified atom stereocenters. The summed E-state index contributed by atoms with van der Waals surface area (Å²) in [6, 6.07) is 15.0. The number of carbonyl (C=O) groups excluding carboxylic acids is 1. The number of allylic oxidation sites excluding steroid dienone is 1. The van der Waals surface area contributed by atoms with E-state index in [0.29, 0.717) is 45.1 Å². The summed E-state index contributed by atoms with van der Waals surface area (Å²) >= 11 is 0. The van der Waals surface area contributed by atoms with Crippen molar-refractivity contribution < 1.29 is 24.1 Å². The molecule has 34 heavy (non-hydrogen) atoms. The van der Waals surface area contributed by atoms with Crippen LogP contribution in [0.25, 0.3) is 11.1 Å². The number of aliphatic hydroxyl groups excluding tert-OH is 1. The van der Waals surface area contributed by atoms with Gasteiger partial charge in [-0.05, 0) is 60.1 Å². The van der Waals surface area contributed by atoms with E-state index in [2.05, 4.69) is 42.5 Å². The highest BCUT2D eigenvalue weighted by molar-refractivity contribution is 5.92. The molecule has 1 saturated heterocycles. The Hall–Kier alpha value is -2.67. The van der Waals surface area contributed by atoms with Gasteiger partial charge in [0.15, 0.2) is 5.76 Å². The van der Waals surface area contributed by atoms with Crippen molar-refractivity contribution in [3.8, 4) is 11.1 Å². The van der Waals surface area contributed by atoms with Gasteiger partial charge in [-0.1, -0.05) is 42.5 Å². The Morgan fingerprint density at radius 3 is 2.71 bits per heavy atom. The number of morpholine rings is 1. The summed E-state index contributed by atoms with van der Waals surface area (Å²) in [7, 11) is 0. The van der Waals surface area contributed by atoms with Crippen molar-refractivity contribution in [3.05, 3.63) is 71.0 Å². The van der Waals surface area contributed by atoms with Crippen LogP contribution in [-0.4, -0.2) is 61.7 Å². The van der Waals surface area contributed by atoms with Crippen LogP contribution >= 0.6 is 0 Å². The zero-order valence-corrected chi connectivity index (χ0v) is 19.7. The fourth-order valence-corrected chi connectivity index (χ4v) is 5.53. The number of rotatable bonds is 7. The lowest BCUT2D eigenvalue weighted by atomic mass is 9.78. The van der Waals surface area contributed by atoms with Gasteiger partial charge in [0.25, 0.3) is 5.91 Å². The molecule has 3 atom stereocenters. The molecule has 2 aromatic carbocycles.